The van der Waals surface area contributed by atoms with Crippen LogP contribution in [-0.4, -0.2) is 44.7 Å². The quantitative estimate of drug-likeness (QED) is 0.842. The molecule has 0 saturated carbocycles. The molecule has 1 aromatic rings. The molecule has 1 unspecified atom stereocenters. The summed E-state index contributed by atoms with van der Waals surface area (Å²) in [5.74, 6) is -5.54. The summed E-state index contributed by atoms with van der Waals surface area (Å²) < 4.78 is 69.8. The van der Waals surface area contributed by atoms with Crippen molar-refractivity contribution >= 4 is 16.0 Å². The van der Waals surface area contributed by atoms with Gasteiger partial charge in [0.05, 0.1) is 16.6 Å². The zero-order valence-corrected chi connectivity index (χ0v) is 11.9. The first-order chi connectivity index (χ1) is 10.1. The lowest BCUT2D eigenvalue weighted by molar-refractivity contribution is -0.00981. The van der Waals surface area contributed by atoms with Gasteiger partial charge >= 0.3 is 5.97 Å². The Bertz CT molecular complexity index is 692. The van der Waals surface area contributed by atoms with Crippen LogP contribution in [0, 0.1) is 5.82 Å². The van der Waals surface area contributed by atoms with Crippen molar-refractivity contribution in [3.8, 4) is 0 Å². The van der Waals surface area contributed by atoms with Crippen molar-refractivity contribution < 1.29 is 36.2 Å². The van der Waals surface area contributed by atoms with Crippen molar-refractivity contribution in [2.45, 2.75) is 23.3 Å². The van der Waals surface area contributed by atoms with Gasteiger partial charge in [0.2, 0.25) is 10.0 Å². The number of sulfonamides is 1. The van der Waals surface area contributed by atoms with Gasteiger partial charge in [-0.05, 0) is 18.2 Å². The van der Waals surface area contributed by atoms with Gasteiger partial charge in [0, 0.05) is 13.0 Å². The molecular formula is C12H12F3NO5S. The number of aromatic carboxylic acids is 1. The monoisotopic (exact) mass is 339 g/mol. The molecule has 0 amide bonds. The second kappa shape index (κ2) is 5.86. The average Bonchev–Trinajstić information content (AvgIpc) is 2.75. The van der Waals surface area contributed by atoms with Gasteiger partial charge in [-0.15, -0.1) is 0 Å². The minimum Gasteiger partial charge on any atom is -0.478 e. The van der Waals surface area contributed by atoms with Gasteiger partial charge in [-0.1, -0.05) is 0 Å². The van der Waals surface area contributed by atoms with Crippen molar-refractivity contribution in [3.63, 3.8) is 0 Å². The van der Waals surface area contributed by atoms with Crippen LogP contribution in [-0.2, 0) is 14.8 Å². The molecule has 1 atom stereocenters. The highest BCUT2D eigenvalue weighted by atomic mass is 32.2. The zero-order chi connectivity index (χ0) is 16.5. The predicted molar refractivity (Wildman–Crippen MR) is 67.9 cm³/mol. The first-order valence-electron chi connectivity index (χ1n) is 6.12. The Morgan fingerprint density at radius 3 is 2.64 bits per heavy atom. The van der Waals surface area contributed by atoms with Gasteiger partial charge in [0.25, 0.3) is 5.92 Å². The smallest absolute Gasteiger partial charge is 0.335 e. The van der Waals surface area contributed by atoms with Gasteiger partial charge in [0.15, 0.2) is 0 Å². The lowest BCUT2D eigenvalue weighted by Crippen LogP contribution is -2.32. The molecule has 1 saturated heterocycles. The largest absolute Gasteiger partial charge is 0.478 e. The van der Waals surface area contributed by atoms with Gasteiger partial charge in [-0.25, -0.2) is 31.1 Å². The zero-order valence-electron chi connectivity index (χ0n) is 11.1. The summed E-state index contributed by atoms with van der Waals surface area (Å²) in [6.07, 6.45) is -1.63. The van der Waals surface area contributed by atoms with Crippen LogP contribution in [0.5, 0.6) is 0 Å². The molecule has 1 aliphatic rings. The van der Waals surface area contributed by atoms with E-state index in [9.17, 15) is 26.4 Å². The molecule has 1 aromatic carbocycles. The minimum atomic E-state index is -4.24. The van der Waals surface area contributed by atoms with Crippen LogP contribution in [0.15, 0.2) is 23.1 Å². The van der Waals surface area contributed by atoms with Crippen LogP contribution in [0.25, 0.3) is 0 Å². The standard InChI is InChI=1S/C12H12F3NO5S/c13-8-1-7(11(17)18)2-10(3-8)22(19,20)16-5-9-4-12(14,15)6-21-9/h1-3,9,16H,4-6H2,(H,17,18). The van der Waals surface area contributed by atoms with Gasteiger partial charge in [0.1, 0.15) is 12.4 Å². The van der Waals surface area contributed by atoms with Gasteiger partial charge in [-0.3, -0.25) is 0 Å². The summed E-state index contributed by atoms with van der Waals surface area (Å²) in [4.78, 5) is 10.2. The number of benzene rings is 1. The fourth-order valence-electron chi connectivity index (χ4n) is 1.95. The number of hydrogen-bond donors (Lipinski definition) is 2. The molecule has 0 bridgehead atoms. The maximum atomic E-state index is 13.3. The van der Waals surface area contributed by atoms with Crippen LogP contribution in [0.3, 0.4) is 0 Å². The Kier molecular flexibility index (Phi) is 4.45. The first kappa shape index (κ1) is 16.7. The number of hydrogen-bond acceptors (Lipinski definition) is 4. The van der Waals surface area contributed by atoms with Crippen molar-refractivity contribution in [3.05, 3.63) is 29.6 Å². The lowest BCUT2D eigenvalue weighted by atomic mass is 10.2. The highest BCUT2D eigenvalue weighted by molar-refractivity contribution is 7.89. The number of alkyl halides is 2. The Morgan fingerprint density at radius 1 is 1.41 bits per heavy atom. The molecule has 0 radical (unpaired) electrons. The van der Waals surface area contributed by atoms with Crippen LogP contribution >= 0.6 is 0 Å². The minimum absolute atomic E-state index is 0.420. The Labute approximate surface area is 123 Å². The van der Waals surface area contributed by atoms with E-state index in [0.717, 1.165) is 6.07 Å². The van der Waals surface area contributed by atoms with Crippen LogP contribution in [0.2, 0.25) is 0 Å². The van der Waals surface area contributed by atoms with E-state index >= 15 is 0 Å². The molecule has 0 aromatic heterocycles. The van der Waals surface area contributed by atoms with E-state index in [4.69, 9.17) is 9.84 Å². The van der Waals surface area contributed by atoms with E-state index < -0.39 is 63.9 Å². The average molecular weight is 339 g/mol. The van der Waals surface area contributed by atoms with Crippen molar-refractivity contribution in [2.75, 3.05) is 13.2 Å². The summed E-state index contributed by atoms with van der Waals surface area (Å²) in [6, 6.07) is 2.08. The topological polar surface area (TPSA) is 92.7 Å². The molecule has 2 rings (SSSR count). The second-order valence-corrected chi connectivity index (χ2v) is 6.59. The summed E-state index contributed by atoms with van der Waals surface area (Å²) in [7, 11) is -4.24. The van der Waals surface area contributed by atoms with E-state index in [1.807, 2.05) is 4.72 Å². The maximum absolute atomic E-state index is 13.3. The second-order valence-electron chi connectivity index (χ2n) is 4.83. The van der Waals surface area contributed by atoms with Crippen LogP contribution < -0.4 is 4.72 Å². The Morgan fingerprint density at radius 2 is 2.09 bits per heavy atom. The number of ether oxygens (including phenoxy) is 1. The summed E-state index contributed by atoms with van der Waals surface area (Å²) in [5, 5.41) is 8.77. The molecule has 10 heteroatoms. The number of carbonyl (C=O) groups is 1. The fraction of sp³-hybridized carbons (Fsp3) is 0.417. The van der Waals surface area contributed by atoms with E-state index in [1.165, 1.54) is 0 Å². The third-order valence-corrected chi connectivity index (χ3v) is 4.39. The molecule has 1 fully saturated rings. The number of carboxylic acids is 1. The van der Waals surface area contributed by atoms with Crippen LogP contribution in [0.1, 0.15) is 16.8 Å². The van der Waals surface area contributed by atoms with Crippen molar-refractivity contribution in [1.82, 2.24) is 4.72 Å². The van der Waals surface area contributed by atoms with E-state index in [-0.39, 0.29) is 0 Å². The molecule has 2 N–H and O–H groups in total. The third kappa shape index (κ3) is 3.96. The lowest BCUT2D eigenvalue weighted by Gasteiger charge is -2.11. The van der Waals surface area contributed by atoms with Crippen LogP contribution in [0.4, 0.5) is 13.2 Å². The molecule has 0 aliphatic carbocycles. The Balaban J connectivity index is 2.12. The van der Waals surface area contributed by atoms with E-state index in [0.29, 0.717) is 12.1 Å². The highest BCUT2D eigenvalue weighted by Gasteiger charge is 2.40. The number of halogens is 3. The summed E-state index contributed by atoms with van der Waals surface area (Å²) in [6.45, 7) is -1.21. The van der Waals surface area contributed by atoms with Gasteiger partial charge in [-0.2, -0.15) is 0 Å². The molecule has 1 aliphatic heterocycles. The number of rotatable bonds is 5. The molecular weight excluding hydrogens is 327 g/mol. The number of carboxylic acid groups (broad SMARTS) is 1. The molecule has 1 heterocycles. The third-order valence-electron chi connectivity index (χ3n) is 2.99. The summed E-state index contributed by atoms with van der Waals surface area (Å²) >= 11 is 0. The van der Waals surface area contributed by atoms with E-state index in [2.05, 4.69) is 0 Å². The summed E-state index contributed by atoms with van der Waals surface area (Å²) in [5.41, 5.74) is -0.538. The molecule has 22 heavy (non-hydrogen) atoms. The normalized spacial score (nSPS) is 21.0. The highest BCUT2D eigenvalue weighted by Crippen LogP contribution is 2.29. The van der Waals surface area contributed by atoms with E-state index in [1.54, 1.807) is 0 Å². The maximum Gasteiger partial charge on any atom is 0.335 e. The first-order valence-corrected chi connectivity index (χ1v) is 7.60. The SMILES string of the molecule is O=C(O)c1cc(F)cc(S(=O)(=O)NCC2CC(F)(F)CO2)c1. The fourth-order valence-corrected chi connectivity index (χ4v) is 3.07. The Hall–Kier alpha value is -1.65. The molecule has 6 nitrogen and oxygen atoms in total. The predicted octanol–water partition coefficient (Wildman–Crippen LogP) is 1.23. The molecule has 0 spiro atoms. The van der Waals surface area contributed by atoms with Crippen molar-refractivity contribution in [2.24, 2.45) is 0 Å². The number of nitrogens with one attached hydrogen (secondary N) is 1. The molecule has 122 valence electrons. The van der Waals surface area contributed by atoms with Gasteiger partial charge < -0.3 is 9.84 Å². The van der Waals surface area contributed by atoms with Crippen molar-refractivity contribution in [1.29, 1.82) is 0 Å².